The van der Waals surface area contributed by atoms with E-state index in [1.807, 2.05) is 0 Å². The number of hydrogen-bond donors (Lipinski definition) is 1. The fourth-order valence-corrected chi connectivity index (χ4v) is 1.41. The summed E-state index contributed by atoms with van der Waals surface area (Å²) in [6, 6.07) is 4.65. The van der Waals surface area contributed by atoms with Crippen LogP contribution in [0.4, 0.5) is 10.5 Å². The minimum Gasteiger partial charge on any atom is -0.436 e. The molecule has 0 aromatic heterocycles. The molecule has 78 valence electrons. The molecule has 3 nitrogen and oxygen atoms in total. The van der Waals surface area contributed by atoms with Crippen LogP contribution in [-0.2, 0) is 4.74 Å². The summed E-state index contributed by atoms with van der Waals surface area (Å²) in [5, 5.41) is 3.28. The molecule has 0 heterocycles. The highest BCUT2D eigenvalue weighted by Gasteiger charge is 2.03. The summed E-state index contributed by atoms with van der Waals surface area (Å²) in [6.45, 7) is -0.0832. The molecule has 0 saturated heterocycles. The minimum atomic E-state index is -0.647. The predicted molar refractivity (Wildman–Crippen MR) is 60.3 cm³/mol. The third-order valence-electron chi connectivity index (χ3n) is 1.40. The van der Waals surface area contributed by atoms with E-state index in [0.717, 1.165) is 0 Å². The lowest BCUT2D eigenvalue weighted by atomic mass is 10.3. The molecule has 0 aliphatic carbocycles. The van der Waals surface area contributed by atoms with Crippen LogP contribution in [0.1, 0.15) is 0 Å². The highest BCUT2D eigenvalue weighted by Crippen LogP contribution is 2.22. The fraction of sp³-hybridized carbons (Fsp3) is 0.100. The van der Waals surface area contributed by atoms with Crippen LogP contribution in [-0.4, -0.2) is 12.7 Å². The van der Waals surface area contributed by atoms with Gasteiger partial charge in [-0.05, 0) is 18.2 Å². The van der Waals surface area contributed by atoms with E-state index in [2.05, 4.69) is 16.0 Å². The van der Waals surface area contributed by atoms with Crippen molar-refractivity contribution in [2.24, 2.45) is 0 Å². The van der Waals surface area contributed by atoms with Crippen molar-refractivity contribution < 1.29 is 9.53 Å². The molecule has 0 aliphatic heterocycles. The first-order valence-electron chi connectivity index (χ1n) is 3.95. The Balaban J connectivity index is 2.65. The Morgan fingerprint density at radius 3 is 2.53 bits per heavy atom. The van der Waals surface area contributed by atoms with Gasteiger partial charge in [0.15, 0.2) is 6.61 Å². The van der Waals surface area contributed by atoms with Gasteiger partial charge in [-0.1, -0.05) is 29.1 Å². The molecular formula is C10H7Cl2NO2. The van der Waals surface area contributed by atoms with Crippen LogP contribution in [0, 0.1) is 12.3 Å². The van der Waals surface area contributed by atoms with Crippen LogP contribution in [0.25, 0.3) is 0 Å². The molecule has 1 aromatic rings. The van der Waals surface area contributed by atoms with Gasteiger partial charge in [0.05, 0.1) is 0 Å². The van der Waals surface area contributed by atoms with Crippen molar-refractivity contribution in [2.45, 2.75) is 0 Å². The molecule has 15 heavy (non-hydrogen) atoms. The van der Waals surface area contributed by atoms with Gasteiger partial charge in [-0.15, -0.1) is 6.42 Å². The molecule has 1 rings (SSSR count). The summed E-state index contributed by atoms with van der Waals surface area (Å²) in [7, 11) is 0. The van der Waals surface area contributed by atoms with E-state index >= 15 is 0 Å². The van der Waals surface area contributed by atoms with Gasteiger partial charge in [0.2, 0.25) is 0 Å². The van der Waals surface area contributed by atoms with Crippen LogP contribution in [0.15, 0.2) is 18.2 Å². The Morgan fingerprint density at radius 2 is 2.00 bits per heavy atom. The Kier molecular flexibility index (Phi) is 4.29. The maximum atomic E-state index is 11.1. The lowest BCUT2D eigenvalue weighted by Gasteiger charge is -2.05. The maximum absolute atomic E-state index is 11.1. The van der Waals surface area contributed by atoms with Gasteiger partial charge in [0.1, 0.15) is 0 Å². The van der Waals surface area contributed by atoms with E-state index < -0.39 is 6.09 Å². The largest absolute Gasteiger partial charge is 0.436 e. The summed E-state index contributed by atoms with van der Waals surface area (Å²) in [5.41, 5.74) is 0.453. The summed E-state index contributed by atoms with van der Waals surface area (Å²) in [6.07, 6.45) is 4.27. The normalized spacial score (nSPS) is 9.13. The van der Waals surface area contributed by atoms with E-state index in [-0.39, 0.29) is 6.61 Å². The zero-order valence-corrected chi connectivity index (χ0v) is 9.10. The van der Waals surface area contributed by atoms with Crippen LogP contribution < -0.4 is 5.32 Å². The Hall–Kier alpha value is -1.37. The zero-order valence-electron chi connectivity index (χ0n) is 7.59. The molecule has 0 spiro atoms. The van der Waals surface area contributed by atoms with Crippen LogP contribution in [0.3, 0.4) is 0 Å². The molecule has 0 unspecified atom stereocenters. The Bertz CT molecular complexity index is 392. The molecular weight excluding hydrogens is 237 g/mol. The fourth-order valence-electron chi connectivity index (χ4n) is 0.887. The summed E-state index contributed by atoms with van der Waals surface area (Å²) in [4.78, 5) is 11.1. The van der Waals surface area contributed by atoms with Gasteiger partial charge in [0.25, 0.3) is 0 Å². The summed E-state index contributed by atoms with van der Waals surface area (Å²) < 4.78 is 4.60. The highest BCUT2D eigenvalue weighted by atomic mass is 35.5. The molecule has 0 bridgehead atoms. The summed E-state index contributed by atoms with van der Waals surface area (Å²) in [5.74, 6) is 2.17. The van der Waals surface area contributed by atoms with E-state index in [4.69, 9.17) is 29.6 Å². The topological polar surface area (TPSA) is 38.3 Å². The number of anilines is 1. The number of ether oxygens (including phenoxy) is 1. The second-order valence-corrected chi connectivity index (χ2v) is 3.44. The first-order chi connectivity index (χ1) is 7.11. The second-order valence-electron chi connectivity index (χ2n) is 2.56. The lowest BCUT2D eigenvalue weighted by molar-refractivity contribution is 0.176. The van der Waals surface area contributed by atoms with Crippen LogP contribution >= 0.6 is 23.2 Å². The molecule has 0 atom stereocenters. The van der Waals surface area contributed by atoms with Gasteiger partial charge < -0.3 is 4.74 Å². The molecule has 1 amide bonds. The van der Waals surface area contributed by atoms with E-state index in [0.29, 0.717) is 15.7 Å². The van der Waals surface area contributed by atoms with Crippen molar-refractivity contribution in [1.29, 1.82) is 0 Å². The maximum Gasteiger partial charge on any atom is 0.412 e. The zero-order chi connectivity index (χ0) is 11.3. The summed E-state index contributed by atoms with van der Waals surface area (Å²) >= 11 is 11.5. The first-order valence-corrected chi connectivity index (χ1v) is 4.71. The van der Waals surface area contributed by atoms with Crippen molar-refractivity contribution in [3.8, 4) is 12.3 Å². The average molecular weight is 244 g/mol. The van der Waals surface area contributed by atoms with Gasteiger partial charge in [-0.2, -0.15) is 0 Å². The number of terminal acetylenes is 1. The molecule has 0 radical (unpaired) electrons. The number of hydrogen-bond acceptors (Lipinski definition) is 2. The number of nitrogens with one attached hydrogen (secondary N) is 1. The van der Waals surface area contributed by atoms with Gasteiger partial charge in [-0.25, -0.2) is 4.79 Å². The van der Waals surface area contributed by atoms with Gasteiger partial charge in [0, 0.05) is 15.7 Å². The SMILES string of the molecule is C#CCOC(=O)Nc1cc(Cl)cc(Cl)c1. The van der Waals surface area contributed by atoms with Gasteiger partial charge in [-0.3, -0.25) is 5.32 Å². The predicted octanol–water partition coefficient (Wildman–Crippen LogP) is 3.18. The first kappa shape index (κ1) is 11.7. The highest BCUT2D eigenvalue weighted by molar-refractivity contribution is 6.35. The number of rotatable bonds is 2. The standard InChI is InChI=1S/C10H7Cl2NO2/c1-2-3-15-10(14)13-9-5-7(11)4-8(12)6-9/h1,4-6H,3H2,(H,13,14). The number of carbonyl (C=O) groups is 1. The molecule has 5 heteroatoms. The average Bonchev–Trinajstić information content (AvgIpc) is 2.13. The molecule has 1 aromatic carbocycles. The number of amides is 1. The van der Waals surface area contributed by atoms with Crippen molar-refractivity contribution in [3.05, 3.63) is 28.2 Å². The number of carbonyl (C=O) groups excluding carboxylic acids is 1. The third kappa shape index (κ3) is 4.11. The molecule has 1 N–H and O–H groups in total. The van der Waals surface area contributed by atoms with E-state index in [1.165, 1.54) is 0 Å². The molecule has 0 fully saturated rings. The smallest absolute Gasteiger partial charge is 0.412 e. The third-order valence-corrected chi connectivity index (χ3v) is 1.83. The van der Waals surface area contributed by atoms with Crippen LogP contribution in [0.2, 0.25) is 10.0 Å². The molecule has 0 saturated carbocycles. The Labute approximate surface area is 97.3 Å². The molecule has 0 aliphatic rings. The second kappa shape index (κ2) is 5.50. The minimum absolute atomic E-state index is 0.0832. The lowest BCUT2D eigenvalue weighted by Crippen LogP contribution is -2.13. The van der Waals surface area contributed by atoms with Crippen LogP contribution in [0.5, 0.6) is 0 Å². The number of benzene rings is 1. The van der Waals surface area contributed by atoms with Crippen molar-refractivity contribution in [3.63, 3.8) is 0 Å². The monoisotopic (exact) mass is 243 g/mol. The van der Waals surface area contributed by atoms with Crippen molar-refractivity contribution >= 4 is 35.0 Å². The van der Waals surface area contributed by atoms with E-state index in [9.17, 15) is 4.79 Å². The van der Waals surface area contributed by atoms with Crippen molar-refractivity contribution in [2.75, 3.05) is 11.9 Å². The number of halogens is 2. The van der Waals surface area contributed by atoms with Gasteiger partial charge >= 0.3 is 6.09 Å². The van der Waals surface area contributed by atoms with E-state index in [1.54, 1.807) is 18.2 Å². The quantitative estimate of drug-likeness (QED) is 0.811. The van der Waals surface area contributed by atoms with Crippen molar-refractivity contribution in [1.82, 2.24) is 0 Å². The Morgan fingerprint density at radius 1 is 1.40 bits per heavy atom.